The molecule has 0 unspecified atom stereocenters. The van der Waals surface area contributed by atoms with Crippen molar-refractivity contribution in [1.29, 1.82) is 0 Å². The highest BCUT2D eigenvalue weighted by Gasteiger charge is 2.08. The molecule has 0 saturated carbocycles. The molecule has 0 fully saturated rings. The van der Waals surface area contributed by atoms with Gasteiger partial charge in [0.15, 0.2) is 5.13 Å². The normalized spacial score (nSPS) is 10.5. The van der Waals surface area contributed by atoms with Crippen LogP contribution in [0.1, 0.15) is 0 Å². The lowest BCUT2D eigenvalue weighted by Crippen LogP contribution is -2.13. The molecule has 4 aromatic rings. The average Bonchev–Trinajstić information content (AvgIpc) is 3.27. The number of thiazole rings is 1. The van der Waals surface area contributed by atoms with Crippen molar-refractivity contribution >= 4 is 45.5 Å². The fourth-order valence-corrected chi connectivity index (χ4v) is 4.37. The fourth-order valence-electron chi connectivity index (χ4n) is 2.91. The monoisotopic (exact) mass is 447 g/mol. The zero-order valence-corrected chi connectivity index (χ0v) is 18.5. The van der Waals surface area contributed by atoms with Crippen LogP contribution in [0.25, 0.3) is 11.3 Å². The molecule has 0 atom stereocenters. The number of thioether (sulfide) groups is 1. The van der Waals surface area contributed by atoms with Crippen molar-refractivity contribution in [1.82, 2.24) is 4.98 Å². The van der Waals surface area contributed by atoms with E-state index in [2.05, 4.69) is 15.6 Å². The van der Waals surface area contributed by atoms with Crippen LogP contribution in [-0.4, -0.2) is 23.8 Å². The smallest absolute Gasteiger partial charge is 0.234 e. The van der Waals surface area contributed by atoms with Crippen molar-refractivity contribution in [3.05, 3.63) is 84.2 Å². The number of ether oxygens (including phenoxy) is 1. The Hall–Kier alpha value is -3.29. The molecule has 2 N–H and O–H groups in total. The van der Waals surface area contributed by atoms with Gasteiger partial charge in [-0.3, -0.25) is 4.79 Å². The number of carbonyl (C=O) groups excluding carboxylic acids is 1. The van der Waals surface area contributed by atoms with Crippen molar-refractivity contribution in [3.63, 3.8) is 0 Å². The van der Waals surface area contributed by atoms with Gasteiger partial charge in [0.2, 0.25) is 5.91 Å². The van der Waals surface area contributed by atoms with E-state index in [1.54, 1.807) is 7.11 Å². The second-order valence-corrected chi connectivity index (χ2v) is 8.53. The fraction of sp³-hybridized carbons (Fsp3) is 0.0833. The van der Waals surface area contributed by atoms with E-state index >= 15 is 0 Å². The van der Waals surface area contributed by atoms with Crippen LogP contribution in [0, 0.1) is 0 Å². The van der Waals surface area contributed by atoms with E-state index < -0.39 is 0 Å². The molecule has 0 aliphatic heterocycles. The van der Waals surface area contributed by atoms with Crippen molar-refractivity contribution < 1.29 is 9.53 Å². The zero-order valence-electron chi connectivity index (χ0n) is 16.9. The van der Waals surface area contributed by atoms with Crippen molar-refractivity contribution in [3.8, 4) is 17.0 Å². The van der Waals surface area contributed by atoms with E-state index in [-0.39, 0.29) is 5.91 Å². The summed E-state index contributed by atoms with van der Waals surface area (Å²) >= 11 is 3.04. The summed E-state index contributed by atoms with van der Waals surface area (Å²) in [5.41, 5.74) is 3.47. The Kier molecular flexibility index (Phi) is 6.86. The van der Waals surface area contributed by atoms with Crippen LogP contribution in [0.15, 0.2) is 89.1 Å². The van der Waals surface area contributed by atoms with E-state index in [0.717, 1.165) is 38.4 Å². The molecular formula is C24H21N3O2S2. The Bertz CT molecular complexity index is 1160. The van der Waals surface area contributed by atoms with Crippen LogP contribution in [0.4, 0.5) is 16.5 Å². The number of amides is 1. The number of hydrogen-bond acceptors (Lipinski definition) is 6. The third-order valence-corrected chi connectivity index (χ3v) is 6.15. The number of rotatable bonds is 8. The van der Waals surface area contributed by atoms with Crippen LogP contribution >= 0.6 is 23.1 Å². The summed E-state index contributed by atoms with van der Waals surface area (Å²) in [4.78, 5) is 18.1. The van der Waals surface area contributed by atoms with Gasteiger partial charge in [0.05, 0.1) is 18.6 Å². The van der Waals surface area contributed by atoms with E-state index in [1.165, 1.54) is 23.1 Å². The largest absolute Gasteiger partial charge is 0.497 e. The maximum Gasteiger partial charge on any atom is 0.234 e. The Morgan fingerprint density at radius 1 is 1.00 bits per heavy atom. The molecule has 3 aromatic carbocycles. The standard InChI is InChI=1S/C24H21N3O2S2/c1-29-20-10-6-9-19(14-20)26-24-27-22(15-31-24)17-7-5-8-18(13-17)25-23(28)16-30-21-11-3-2-4-12-21/h2-15H,16H2,1H3,(H,25,28)(H,26,27). The second kappa shape index (κ2) is 10.1. The van der Waals surface area contributed by atoms with Gasteiger partial charge < -0.3 is 15.4 Å². The van der Waals surface area contributed by atoms with Crippen LogP contribution in [0.5, 0.6) is 5.75 Å². The average molecular weight is 448 g/mol. The molecule has 1 heterocycles. The number of carbonyl (C=O) groups is 1. The maximum absolute atomic E-state index is 12.3. The summed E-state index contributed by atoms with van der Waals surface area (Å²) in [6.45, 7) is 0. The van der Waals surface area contributed by atoms with E-state index in [9.17, 15) is 4.79 Å². The first-order valence-electron chi connectivity index (χ1n) is 9.64. The van der Waals surface area contributed by atoms with Gasteiger partial charge in [0.25, 0.3) is 0 Å². The number of nitrogens with one attached hydrogen (secondary N) is 2. The van der Waals surface area contributed by atoms with Gasteiger partial charge in [-0.25, -0.2) is 4.98 Å². The summed E-state index contributed by atoms with van der Waals surface area (Å²) in [5.74, 6) is 1.11. The molecule has 0 spiro atoms. The molecule has 0 aliphatic carbocycles. The second-order valence-electron chi connectivity index (χ2n) is 6.63. The number of methoxy groups -OCH3 is 1. The van der Waals surface area contributed by atoms with Gasteiger partial charge in [-0.1, -0.05) is 36.4 Å². The molecule has 0 saturated heterocycles. The molecular weight excluding hydrogens is 426 g/mol. The first-order valence-corrected chi connectivity index (χ1v) is 11.5. The highest BCUT2D eigenvalue weighted by molar-refractivity contribution is 8.00. The Morgan fingerprint density at radius 2 is 1.81 bits per heavy atom. The quantitative estimate of drug-likeness (QED) is 0.311. The number of aromatic nitrogens is 1. The maximum atomic E-state index is 12.3. The topological polar surface area (TPSA) is 63.2 Å². The van der Waals surface area contributed by atoms with E-state index in [4.69, 9.17) is 4.74 Å². The highest BCUT2D eigenvalue weighted by atomic mass is 32.2. The van der Waals surface area contributed by atoms with Crippen molar-refractivity contribution in [2.45, 2.75) is 4.90 Å². The van der Waals surface area contributed by atoms with Crippen LogP contribution in [0.3, 0.4) is 0 Å². The summed E-state index contributed by atoms with van der Waals surface area (Å²) in [5, 5.41) is 9.05. The van der Waals surface area contributed by atoms with Crippen LogP contribution in [0.2, 0.25) is 0 Å². The van der Waals surface area contributed by atoms with Gasteiger partial charge in [-0.05, 0) is 36.4 Å². The third-order valence-electron chi connectivity index (χ3n) is 4.38. The summed E-state index contributed by atoms with van der Waals surface area (Å²) in [7, 11) is 1.65. The van der Waals surface area contributed by atoms with Gasteiger partial charge >= 0.3 is 0 Å². The number of anilines is 3. The Morgan fingerprint density at radius 3 is 2.65 bits per heavy atom. The summed E-state index contributed by atoms with van der Waals surface area (Å²) in [6, 6.07) is 25.3. The Labute approximate surface area is 189 Å². The molecule has 7 heteroatoms. The van der Waals surface area contributed by atoms with E-state index in [0.29, 0.717) is 5.75 Å². The van der Waals surface area contributed by atoms with Crippen molar-refractivity contribution in [2.24, 2.45) is 0 Å². The molecule has 0 bridgehead atoms. The van der Waals surface area contributed by atoms with E-state index in [1.807, 2.05) is 84.2 Å². The minimum atomic E-state index is -0.0374. The van der Waals surface area contributed by atoms with Gasteiger partial charge in [0, 0.05) is 33.3 Å². The predicted molar refractivity (Wildman–Crippen MR) is 130 cm³/mol. The molecule has 1 aromatic heterocycles. The lowest BCUT2D eigenvalue weighted by molar-refractivity contribution is -0.113. The highest BCUT2D eigenvalue weighted by Crippen LogP contribution is 2.29. The summed E-state index contributed by atoms with van der Waals surface area (Å²) in [6.07, 6.45) is 0. The van der Waals surface area contributed by atoms with Crippen molar-refractivity contribution in [2.75, 3.05) is 23.5 Å². The van der Waals surface area contributed by atoms with Crippen LogP contribution < -0.4 is 15.4 Å². The first kappa shape index (κ1) is 21.0. The van der Waals surface area contributed by atoms with Crippen LogP contribution in [-0.2, 0) is 4.79 Å². The molecule has 1 amide bonds. The molecule has 4 rings (SSSR count). The van der Waals surface area contributed by atoms with Gasteiger partial charge in [-0.15, -0.1) is 23.1 Å². The lowest BCUT2D eigenvalue weighted by Gasteiger charge is -2.07. The summed E-state index contributed by atoms with van der Waals surface area (Å²) < 4.78 is 5.26. The third kappa shape index (κ3) is 5.87. The SMILES string of the molecule is COc1cccc(Nc2nc(-c3cccc(NC(=O)CSc4ccccc4)c3)cs2)c1. The number of benzene rings is 3. The predicted octanol–water partition coefficient (Wildman–Crippen LogP) is 6.29. The molecule has 156 valence electrons. The zero-order chi connectivity index (χ0) is 21.5. The minimum absolute atomic E-state index is 0.0374. The molecule has 5 nitrogen and oxygen atoms in total. The number of nitrogens with zero attached hydrogens (tertiary/aromatic N) is 1. The molecule has 31 heavy (non-hydrogen) atoms. The Balaban J connectivity index is 1.39. The molecule has 0 radical (unpaired) electrons. The van der Waals surface area contributed by atoms with Gasteiger partial charge in [0.1, 0.15) is 5.75 Å². The molecule has 0 aliphatic rings. The first-order chi connectivity index (χ1) is 15.2. The lowest BCUT2D eigenvalue weighted by atomic mass is 10.1. The number of hydrogen-bond donors (Lipinski definition) is 2. The van der Waals surface area contributed by atoms with Gasteiger partial charge in [-0.2, -0.15) is 0 Å². The minimum Gasteiger partial charge on any atom is -0.497 e.